The van der Waals surface area contributed by atoms with Gasteiger partial charge < -0.3 is 5.32 Å². The van der Waals surface area contributed by atoms with Gasteiger partial charge in [-0.1, -0.05) is 11.6 Å². The molecule has 6 heteroatoms. The standard InChI is InChI=1S/C12H7BrClIN2O/c13-9-5-7(1-2-11(9)15)17-12(18)8-6-16-4-3-10(8)14/h1-6H,(H,17,18). The zero-order valence-electron chi connectivity index (χ0n) is 8.95. The molecule has 0 atom stereocenters. The molecule has 18 heavy (non-hydrogen) atoms. The molecular formula is C12H7BrClIN2O. The van der Waals surface area contributed by atoms with Crippen LogP contribution in [-0.2, 0) is 0 Å². The maximum Gasteiger partial charge on any atom is 0.258 e. The Morgan fingerprint density at radius 3 is 2.83 bits per heavy atom. The summed E-state index contributed by atoms with van der Waals surface area (Å²) in [5.41, 5.74) is 1.06. The van der Waals surface area contributed by atoms with Gasteiger partial charge in [0, 0.05) is 26.1 Å². The van der Waals surface area contributed by atoms with Crippen molar-refractivity contribution in [1.29, 1.82) is 0 Å². The van der Waals surface area contributed by atoms with Crippen molar-refractivity contribution in [2.45, 2.75) is 0 Å². The molecule has 92 valence electrons. The maximum absolute atomic E-state index is 12.0. The van der Waals surface area contributed by atoms with Crippen molar-refractivity contribution in [2.75, 3.05) is 5.32 Å². The Hall–Kier alpha value is -0.660. The molecule has 2 rings (SSSR count). The number of pyridine rings is 1. The van der Waals surface area contributed by atoms with E-state index < -0.39 is 0 Å². The van der Waals surface area contributed by atoms with Crippen molar-refractivity contribution in [3.63, 3.8) is 0 Å². The predicted molar refractivity (Wildman–Crippen MR) is 84.1 cm³/mol. The average molecular weight is 437 g/mol. The predicted octanol–water partition coefficient (Wildman–Crippen LogP) is 4.35. The first-order chi connectivity index (χ1) is 8.58. The van der Waals surface area contributed by atoms with Crippen molar-refractivity contribution >= 4 is 61.7 Å². The van der Waals surface area contributed by atoms with Crippen molar-refractivity contribution in [1.82, 2.24) is 4.98 Å². The minimum Gasteiger partial charge on any atom is -0.322 e. The van der Waals surface area contributed by atoms with Crippen molar-refractivity contribution in [3.05, 3.63) is 55.3 Å². The fourth-order valence-corrected chi connectivity index (χ4v) is 2.22. The molecule has 0 saturated heterocycles. The van der Waals surface area contributed by atoms with Crippen molar-refractivity contribution < 1.29 is 4.79 Å². The summed E-state index contributed by atoms with van der Waals surface area (Å²) in [5.74, 6) is -0.277. The number of hydrogen-bond donors (Lipinski definition) is 1. The van der Waals surface area contributed by atoms with Gasteiger partial charge in [-0.2, -0.15) is 0 Å². The number of anilines is 1. The van der Waals surface area contributed by atoms with Crippen LogP contribution in [0.25, 0.3) is 0 Å². The van der Waals surface area contributed by atoms with Gasteiger partial charge in [0.1, 0.15) is 0 Å². The van der Waals surface area contributed by atoms with Gasteiger partial charge in [0.15, 0.2) is 0 Å². The third kappa shape index (κ3) is 3.21. The molecule has 1 heterocycles. The Morgan fingerprint density at radius 2 is 2.17 bits per heavy atom. The van der Waals surface area contributed by atoms with E-state index >= 15 is 0 Å². The van der Waals surface area contributed by atoms with Gasteiger partial charge in [0.05, 0.1) is 10.6 Å². The summed E-state index contributed by atoms with van der Waals surface area (Å²) in [6.45, 7) is 0. The van der Waals surface area contributed by atoms with Gasteiger partial charge >= 0.3 is 0 Å². The summed E-state index contributed by atoms with van der Waals surface area (Å²) in [6, 6.07) is 7.16. The second kappa shape index (κ2) is 5.99. The maximum atomic E-state index is 12.0. The molecule has 0 fully saturated rings. The van der Waals surface area contributed by atoms with Gasteiger partial charge in [-0.25, -0.2) is 0 Å². The SMILES string of the molecule is O=C(Nc1ccc(I)c(Br)c1)c1cnccc1Cl. The summed E-state index contributed by atoms with van der Waals surface area (Å²) >= 11 is 11.5. The number of benzene rings is 1. The Bertz CT molecular complexity index is 606. The number of nitrogens with zero attached hydrogens (tertiary/aromatic N) is 1. The smallest absolute Gasteiger partial charge is 0.258 e. The second-order valence-corrected chi connectivity index (χ2v) is 5.86. The molecule has 0 radical (unpaired) electrons. The molecule has 0 bridgehead atoms. The number of hydrogen-bond acceptors (Lipinski definition) is 2. The topological polar surface area (TPSA) is 42.0 Å². The Morgan fingerprint density at radius 1 is 1.39 bits per heavy atom. The third-order valence-electron chi connectivity index (χ3n) is 2.19. The summed E-state index contributed by atoms with van der Waals surface area (Å²) in [7, 11) is 0. The Kier molecular flexibility index (Phi) is 4.58. The second-order valence-electron chi connectivity index (χ2n) is 3.44. The van der Waals surface area contributed by atoms with Gasteiger partial charge in [-0.05, 0) is 62.8 Å². The first-order valence-electron chi connectivity index (χ1n) is 4.94. The van der Waals surface area contributed by atoms with Crippen LogP contribution in [0.2, 0.25) is 5.02 Å². The van der Waals surface area contributed by atoms with Crippen molar-refractivity contribution in [2.24, 2.45) is 0 Å². The summed E-state index contributed by atoms with van der Waals surface area (Å²) in [4.78, 5) is 15.9. The Labute approximate surface area is 131 Å². The lowest BCUT2D eigenvalue weighted by Crippen LogP contribution is -2.12. The molecule has 0 aliphatic heterocycles. The van der Waals surface area contributed by atoms with Gasteiger partial charge in [-0.3, -0.25) is 9.78 Å². The van der Waals surface area contributed by atoms with Crippen LogP contribution in [0.4, 0.5) is 5.69 Å². The first-order valence-corrected chi connectivity index (χ1v) is 7.19. The summed E-state index contributed by atoms with van der Waals surface area (Å²) in [6.07, 6.45) is 2.99. The number of nitrogens with one attached hydrogen (secondary N) is 1. The lowest BCUT2D eigenvalue weighted by atomic mass is 10.2. The van der Waals surface area contributed by atoms with Crippen LogP contribution in [0, 0.1) is 3.57 Å². The van der Waals surface area contributed by atoms with E-state index in [1.54, 1.807) is 12.3 Å². The quantitative estimate of drug-likeness (QED) is 0.710. The highest BCUT2D eigenvalue weighted by Crippen LogP contribution is 2.23. The summed E-state index contributed by atoms with van der Waals surface area (Å²) < 4.78 is 2.00. The van der Waals surface area contributed by atoms with Crippen LogP contribution in [0.5, 0.6) is 0 Å². The zero-order valence-corrected chi connectivity index (χ0v) is 13.5. The molecule has 1 aromatic carbocycles. The number of amides is 1. The average Bonchev–Trinajstić information content (AvgIpc) is 2.34. The van der Waals surface area contributed by atoms with E-state index in [0.717, 1.165) is 8.04 Å². The molecule has 1 aromatic heterocycles. The third-order valence-corrected chi connectivity index (χ3v) is 4.86. The molecule has 3 nitrogen and oxygen atoms in total. The van der Waals surface area contributed by atoms with E-state index in [0.29, 0.717) is 16.3 Å². The van der Waals surface area contributed by atoms with E-state index in [4.69, 9.17) is 11.6 Å². The lowest BCUT2D eigenvalue weighted by molar-refractivity contribution is 0.102. The van der Waals surface area contributed by atoms with Gasteiger partial charge in [0.25, 0.3) is 5.91 Å². The molecule has 0 aliphatic rings. The van der Waals surface area contributed by atoms with Crippen LogP contribution in [0.3, 0.4) is 0 Å². The highest BCUT2D eigenvalue weighted by Gasteiger charge is 2.10. The van der Waals surface area contributed by atoms with Gasteiger partial charge in [0.2, 0.25) is 0 Å². The van der Waals surface area contributed by atoms with Crippen molar-refractivity contribution in [3.8, 4) is 0 Å². The number of rotatable bonds is 2. The fraction of sp³-hybridized carbons (Fsp3) is 0. The lowest BCUT2D eigenvalue weighted by Gasteiger charge is -2.07. The highest BCUT2D eigenvalue weighted by molar-refractivity contribution is 14.1. The van der Waals surface area contributed by atoms with Crippen LogP contribution >= 0.6 is 50.1 Å². The number of halogens is 3. The molecule has 0 aliphatic carbocycles. The molecule has 2 aromatic rings. The first kappa shape index (κ1) is 13.8. The minimum absolute atomic E-state index is 0.277. The largest absolute Gasteiger partial charge is 0.322 e. The fourth-order valence-electron chi connectivity index (χ4n) is 1.32. The number of carbonyl (C=O) groups is 1. The molecule has 0 unspecified atom stereocenters. The van der Waals surface area contributed by atoms with E-state index in [9.17, 15) is 4.79 Å². The van der Waals surface area contributed by atoms with Crippen LogP contribution in [-0.4, -0.2) is 10.9 Å². The van der Waals surface area contributed by atoms with E-state index in [1.165, 1.54) is 6.20 Å². The molecule has 0 spiro atoms. The monoisotopic (exact) mass is 436 g/mol. The minimum atomic E-state index is -0.277. The normalized spacial score (nSPS) is 10.2. The highest BCUT2D eigenvalue weighted by atomic mass is 127. The number of carbonyl (C=O) groups excluding carboxylic acids is 1. The summed E-state index contributed by atoms with van der Waals surface area (Å²) in [5, 5.41) is 3.15. The van der Waals surface area contributed by atoms with Gasteiger partial charge in [-0.15, -0.1) is 0 Å². The molecular weight excluding hydrogens is 430 g/mol. The molecule has 1 amide bonds. The van der Waals surface area contributed by atoms with Crippen LogP contribution in [0.15, 0.2) is 41.1 Å². The van der Waals surface area contributed by atoms with E-state index in [-0.39, 0.29) is 5.91 Å². The van der Waals surface area contributed by atoms with E-state index in [1.807, 2.05) is 18.2 Å². The van der Waals surface area contributed by atoms with Crippen LogP contribution in [0.1, 0.15) is 10.4 Å². The Balaban J connectivity index is 2.22. The zero-order chi connectivity index (χ0) is 13.1. The molecule has 0 saturated carbocycles. The van der Waals surface area contributed by atoms with E-state index in [2.05, 4.69) is 48.8 Å². The number of aromatic nitrogens is 1. The molecule has 1 N–H and O–H groups in total. The van der Waals surface area contributed by atoms with Crippen LogP contribution < -0.4 is 5.32 Å².